The van der Waals surface area contributed by atoms with Crippen molar-refractivity contribution < 1.29 is 14.3 Å². The maximum Gasteiger partial charge on any atom is 0.333 e. The van der Waals surface area contributed by atoms with Crippen LogP contribution < -0.4 is 4.74 Å². The molecule has 0 saturated carbocycles. The number of esters is 1. The number of methoxy groups -OCH3 is 1. The number of para-hydroxylation sites is 1. The van der Waals surface area contributed by atoms with Gasteiger partial charge in [0.1, 0.15) is 12.4 Å². The number of ether oxygens (including phenoxy) is 2. The van der Waals surface area contributed by atoms with Gasteiger partial charge in [0.15, 0.2) is 0 Å². The van der Waals surface area contributed by atoms with Gasteiger partial charge in [-0.25, -0.2) is 4.79 Å². The monoisotopic (exact) mass is 332 g/mol. The molecule has 0 fully saturated rings. The van der Waals surface area contributed by atoms with E-state index >= 15 is 0 Å². The summed E-state index contributed by atoms with van der Waals surface area (Å²) in [7, 11) is 1.36. The average molecular weight is 332 g/mol. The molecule has 0 atom stereocenters. The summed E-state index contributed by atoms with van der Waals surface area (Å²) in [5.41, 5.74) is 0.549. The van der Waals surface area contributed by atoms with Crippen molar-refractivity contribution in [3.63, 3.8) is 0 Å². The van der Waals surface area contributed by atoms with Crippen molar-refractivity contribution in [2.24, 2.45) is 0 Å². The lowest BCUT2D eigenvalue weighted by Crippen LogP contribution is -2.04. The Balaban J connectivity index is 2.53. The van der Waals surface area contributed by atoms with E-state index in [1.807, 2.05) is 24.3 Å². The molecule has 1 aromatic rings. The van der Waals surface area contributed by atoms with Gasteiger partial charge in [-0.05, 0) is 47.7 Å². The molecule has 0 amide bonds. The predicted molar refractivity (Wildman–Crippen MR) is 70.4 cm³/mol. The Labute approximate surface area is 109 Å². The van der Waals surface area contributed by atoms with E-state index in [-0.39, 0.29) is 5.97 Å². The summed E-state index contributed by atoms with van der Waals surface area (Å²) < 4.78 is 11.1. The van der Waals surface area contributed by atoms with Crippen molar-refractivity contribution in [2.75, 3.05) is 13.7 Å². The highest BCUT2D eigenvalue weighted by molar-refractivity contribution is 14.1. The fourth-order valence-corrected chi connectivity index (χ4v) is 1.61. The normalized spacial score (nSPS) is 11.1. The Bertz CT molecular complexity index is 399. The molecule has 1 rings (SSSR count). The van der Waals surface area contributed by atoms with E-state index in [1.165, 1.54) is 7.11 Å². The van der Waals surface area contributed by atoms with Crippen LogP contribution in [0, 0.1) is 3.57 Å². The first-order valence-electron chi connectivity index (χ1n) is 4.77. The van der Waals surface area contributed by atoms with Gasteiger partial charge < -0.3 is 9.47 Å². The number of halogens is 1. The quantitative estimate of drug-likeness (QED) is 0.483. The number of carbonyl (C=O) groups is 1. The second-order valence-corrected chi connectivity index (χ2v) is 4.28. The maximum atomic E-state index is 11.1. The molecule has 4 heteroatoms. The largest absolute Gasteiger partial charge is 0.488 e. The first-order valence-corrected chi connectivity index (χ1v) is 5.85. The molecule has 0 aliphatic heterocycles. The molecule has 1 aromatic carbocycles. The second-order valence-electron chi connectivity index (χ2n) is 3.12. The van der Waals surface area contributed by atoms with Crippen LogP contribution >= 0.6 is 22.6 Å². The van der Waals surface area contributed by atoms with Crippen LogP contribution in [0.5, 0.6) is 5.75 Å². The SMILES string of the molecule is COC(=O)C(C)=CCOc1ccccc1I. The Morgan fingerprint density at radius 3 is 2.75 bits per heavy atom. The molecule has 0 radical (unpaired) electrons. The van der Waals surface area contributed by atoms with E-state index in [9.17, 15) is 4.79 Å². The van der Waals surface area contributed by atoms with Crippen LogP contribution in [0.3, 0.4) is 0 Å². The molecular formula is C12H13IO3. The van der Waals surface area contributed by atoms with Gasteiger partial charge in [-0.2, -0.15) is 0 Å². The summed E-state index contributed by atoms with van der Waals surface area (Å²) in [6.07, 6.45) is 1.70. The van der Waals surface area contributed by atoms with Gasteiger partial charge in [0.25, 0.3) is 0 Å². The standard InChI is InChI=1S/C12H13IO3/c1-9(12(14)15-2)7-8-16-11-6-4-3-5-10(11)13/h3-7H,8H2,1-2H3. The lowest BCUT2D eigenvalue weighted by atomic mass is 10.3. The van der Waals surface area contributed by atoms with Crippen molar-refractivity contribution in [1.29, 1.82) is 0 Å². The van der Waals surface area contributed by atoms with E-state index in [2.05, 4.69) is 27.3 Å². The molecule has 0 heterocycles. The minimum Gasteiger partial charge on any atom is -0.488 e. The van der Waals surface area contributed by atoms with Crippen LogP contribution in [0.2, 0.25) is 0 Å². The highest BCUT2D eigenvalue weighted by atomic mass is 127. The van der Waals surface area contributed by atoms with Crippen molar-refractivity contribution >= 4 is 28.6 Å². The minimum absolute atomic E-state index is 0.327. The average Bonchev–Trinajstić information content (AvgIpc) is 2.30. The topological polar surface area (TPSA) is 35.5 Å². The third kappa shape index (κ3) is 3.84. The second kappa shape index (κ2) is 6.52. The molecule has 0 aliphatic carbocycles. The van der Waals surface area contributed by atoms with Gasteiger partial charge in [-0.3, -0.25) is 0 Å². The van der Waals surface area contributed by atoms with E-state index in [0.717, 1.165) is 9.32 Å². The minimum atomic E-state index is -0.327. The fraction of sp³-hybridized carbons (Fsp3) is 0.250. The summed E-state index contributed by atoms with van der Waals surface area (Å²) in [5, 5.41) is 0. The molecule has 0 aliphatic rings. The van der Waals surface area contributed by atoms with Crippen LogP contribution in [-0.2, 0) is 9.53 Å². The first kappa shape index (κ1) is 13.0. The number of rotatable bonds is 4. The van der Waals surface area contributed by atoms with E-state index < -0.39 is 0 Å². The van der Waals surface area contributed by atoms with Gasteiger partial charge in [0.05, 0.1) is 10.7 Å². The predicted octanol–water partition coefficient (Wildman–Crippen LogP) is 2.79. The highest BCUT2D eigenvalue weighted by Gasteiger charge is 2.02. The molecule has 0 spiro atoms. The number of hydrogen-bond acceptors (Lipinski definition) is 3. The molecular weight excluding hydrogens is 319 g/mol. The molecule has 0 unspecified atom stereocenters. The summed E-state index contributed by atoms with van der Waals surface area (Å²) in [5.74, 6) is 0.489. The number of carbonyl (C=O) groups excluding carboxylic acids is 1. The van der Waals surface area contributed by atoms with Crippen LogP contribution in [0.25, 0.3) is 0 Å². The molecule has 3 nitrogen and oxygen atoms in total. The molecule has 0 aromatic heterocycles. The zero-order valence-corrected chi connectivity index (χ0v) is 11.4. The zero-order chi connectivity index (χ0) is 12.0. The summed E-state index contributed by atoms with van der Waals surface area (Å²) >= 11 is 2.20. The molecule has 0 bridgehead atoms. The van der Waals surface area contributed by atoms with Gasteiger partial charge in [0.2, 0.25) is 0 Å². The zero-order valence-electron chi connectivity index (χ0n) is 9.20. The van der Waals surface area contributed by atoms with Crippen molar-refractivity contribution in [3.8, 4) is 5.75 Å². The Kier molecular flexibility index (Phi) is 5.31. The smallest absolute Gasteiger partial charge is 0.333 e. The highest BCUT2D eigenvalue weighted by Crippen LogP contribution is 2.19. The van der Waals surface area contributed by atoms with Gasteiger partial charge >= 0.3 is 5.97 Å². The third-order valence-corrected chi connectivity index (χ3v) is 2.86. The first-order chi connectivity index (χ1) is 7.65. The molecule has 86 valence electrons. The third-order valence-electron chi connectivity index (χ3n) is 1.97. The van der Waals surface area contributed by atoms with E-state index in [4.69, 9.17) is 4.74 Å². The van der Waals surface area contributed by atoms with Gasteiger partial charge in [-0.15, -0.1) is 0 Å². The Morgan fingerprint density at radius 2 is 2.12 bits per heavy atom. The molecule has 0 saturated heterocycles. The summed E-state index contributed by atoms with van der Waals surface area (Å²) in [6, 6.07) is 7.72. The summed E-state index contributed by atoms with van der Waals surface area (Å²) in [4.78, 5) is 11.1. The Morgan fingerprint density at radius 1 is 1.44 bits per heavy atom. The maximum absolute atomic E-state index is 11.1. The van der Waals surface area contributed by atoms with E-state index in [0.29, 0.717) is 12.2 Å². The number of benzene rings is 1. The summed E-state index contributed by atoms with van der Waals surface area (Å²) in [6.45, 7) is 2.06. The fourth-order valence-electron chi connectivity index (χ4n) is 1.06. The van der Waals surface area contributed by atoms with Crippen LogP contribution in [0.15, 0.2) is 35.9 Å². The van der Waals surface area contributed by atoms with Crippen molar-refractivity contribution in [1.82, 2.24) is 0 Å². The van der Waals surface area contributed by atoms with Crippen molar-refractivity contribution in [2.45, 2.75) is 6.92 Å². The van der Waals surface area contributed by atoms with Crippen molar-refractivity contribution in [3.05, 3.63) is 39.5 Å². The lowest BCUT2D eigenvalue weighted by molar-refractivity contribution is -0.136. The Hall–Kier alpha value is -1.04. The van der Waals surface area contributed by atoms with Crippen LogP contribution in [0.1, 0.15) is 6.92 Å². The molecule has 16 heavy (non-hydrogen) atoms. The van der Waals surface area contributed by atoms with Gasteiger partial charge in [0, 0.05) is 5.57 Å². The number of hydrogen-bond donors (Lipinski definition) is 0. The van der Waals surface area contributed by atoms with Crippen LogP contribution in [0.4, 0.5) is 0 Å². The van der Waals surface area contributed by atoms with Crippen LogP contribution in [-0.4, -0.2) is 19.7 Å². The van der Waals surface area contributed by atoms with Gasteiger partial charge in [-0.1, -0.05) is 12.1 Å². The van der Waals surface area contributed by atoms with E-state index in [1.54, 1.807) is 13.0 Å². The molecule has 0 N–H and O–H groups in total. The lowest BCUT2D eigenvalue weighted by Gasteiger charge is -2.05.